The Labute approximate surface area is 139 Å². The molecule has 1 fully saturated rings. The zero-order chi connectivity index (χ0) is 16.9. The summed E-state index contributed by atoms with van der Waals surface area (Å²) in [5, 5.41) is 11.6. The Morgan fingerprint density at radius 2 is 1.96 bits per heavy atom. The van der Waals surface area contributed by atoms with Crippen molar-refractivity contribution >= 4 is 22.7 Å². The van der Waals surface area contributed by atoms with Crippen molar-refractivity contribution in [3.05, 3.63) is 54.1 Å². The largest absolute Gasteiger partial charge is 0.481 e. The molecule has 2 aliphatic carbocycles. The lowest BCUT2D eigenvalue weighted by Crippen LogP contribution is -2.25. The molecule has 0 saturated heterocycles. The maximum absolute atomic E-state index is 11.6. The number of aliphatic carboxylic acids is 1. The number of carbonyl (C=O) groups excluding carboxylic acids is 1. The summed E-state index contributed by atoms with van der Waals surface area (Å²) in [6.45, 7) is 1.39. The molecular formula is C20H18O4. The molecule has 24 heavy (non-hydrogen) atoms. The highest BCUT2D eigenvalue weighted by molar-refractivity contribution is 5.90. The summed E-state index contributed by atoms with van der Waals surface area (Å²) in [5.74, 6) is -0.905. The molecule has 0 amide bonds. The van der Waals surface area contributed by atoms with E-state index in [1.807, 2.05) is 42.5 Å². The van der Waals surface area contributed by atoms with Gasteiger partial charge in [-0.1, -0.05) is 42.5 Å². The number of benzene rings is 2. The van der Waals surface area contributed by atoms with E-state index >= 15 is 0 Å². The zero-order valence-electron chi connectivity index (χ0n) is 13.4. The van der Waals surface area contributed by atoms with E-state index in [0.29, 0.717) is 12.2 Å². The lowest BCUT2D eigenvalue weighted by Gasteiger charge is -2.29. The van der Waals surface area contributed by atoms with Gasteiger partial charge in [0.2, 0.25) is 0 Å². The van der Waals surface area contributed by atoms with Crippen LogP contribution >= 0.6 is 0 Å². The van der Waals surface area contributed by atoms with Crippen LogP contribution in [0.1, 0.15) is 25.3 Å². The van der Waals surface area contributed by atoms with Crippen LogP contribution in [0.4, 0.5) is 0 Å². The molecule has 3 atom stereocenters. The van der Waals surface area contributed by atoms with Crippen molar-refractivity contribution in [2.75, 3.05) is 0 Å². The van der Waals surface area contributed by atoms with Crippen LogP contribution in [0.2, 0.25) is 0 Å². The van der Waals surface area contributed by atoms with E-state index in [9.17, 15) is 14.7 Å². The van der Waals surface area contributed by atoms with Gasteiger partial charge in [-0.3, -0.25) is 9.59 Å². The number of hydrogen-bond acceptors (Lipinski definition) is 3. The van der Waals surface area contributed by atoms with Gasteiger partial charge in [0.15, 0.2) is 0 Å². The van der Waals surface area contributed by atoms with Gasteiger partial charge >= 0.3 is 11.9 Å². The first-order chi connectivity index (χ1) is 11.5. The Kier molecular flexibility index (Phi) is 3.23. The van der Waals surface area contributed by atoms with Gasteiger partial charge in [-0.15, -0.1) is 0 Å². The van der Waals surface area contributed by atoms with Gasteiger partial charge in [0.1, 0.15) is 5.75 Å². The Morgan fingerprint density at radius 1 is 1.17 bits per heavy atom. The Hall–Kier alpha value is -2.62. The van der Waals surface area contributed by atoms with Crippen LogP contribution in [0.15, 0.2) is 48.6 Å². The van der Waals surface area contributed by atoms with Crippen LogP contribution in [0.25, 0.3) is 10.8 Å². The minimum absolute atomic E-state index is 0.0478. The molecule has 0 aromatic heterocycles. The van der Waals surface area contributed by atoms with Crippen molar-refractivity contribution in [3.8, 4) is 5.75 Å². The molecule has 0 heterocycles. The molecule has 4 nitrogen and oxygen atoms in total. The molecular weight excluding hydrogens is 304 g/mol. The Bertz CT molecular complexity index is 882. The average Bonchev–Trinajstić information content (AvgIpc) is 3.13. The van der Waals surface area contributed by atoms with E-state index < -0.39 is 5.97 Å². The third kappa shape index (κ3) is 2.13. The summed E-state index contributed by atoms with van der Waals surface area (Å²) in [6, 6.07) is 11.7. The predicted molar refractivity (Wildman–Crippen MR) is 89.9 cm³/mol. The SMILES string of the molecule is CC(=O)Oc1ccc2ccccc2c1C12C=CC(C1)C(C(=O)O)C2. The highest BCUT2D eigenvalue weighted by Gasteiger charge is 2.52. The van der Waals surface area contributed by atoms with Gasteiger partial charge in [-0.2, -0.15) is 0 Å². The van der Waals surface area contributed by atoms with E-state index in [-0.39, 0.29) is 23.2 Å². The van der Waals surface area contributed by atoms with Crippen molar-refractivity contribution in [1.82, 2.24) is 0 Å². The first-order valence-corrected chi connectivity index (χ1v) is 8.13. The maximum Gasteiger partial charge on any atom is 0.308 e. The average molecular weight is 322 g/mol. The number of carbonyl (C=O) groups is 2. The van der Waals surface area contributed by atoms with Crippen LogP contribution in [0, 0.1) is 11.8 Å². The molecule has 0 aliphatic heterocycles. The van der Waals surface area contributed by atoms with E-state index in [4.69, 9.17) is 4.74 Å². The molecule has 2 aromatic carbocycles. The smallest absolute Gasteiger partial charge is 0.308 e. The highest BCUT2D eigenvalue weighted by atomic mass is 16.5. The standard InChI is InChI=1S/C20H18O4/c1-12(21)24-17-7-6-13-4-2-3-5-15(13)18(17)20-9-8-14(10-20)16(11-20)19(22)23/h2-9,14,16H,10-11H2,1H3,(H,22,23). The predicted octanol–water partition coefficient (Wildman–Crippen LogP) is 3.68. The van der Waals surface area contributed by atoms with Crippen molar-refractivity contribution < 1.29 is 19.4 Å². The molecule has 4 heteroatoms. The molecule has 1 saturated carbocycles. The lowest BCUT2D eigenvalue weighted by atomic mass is 9.76. The van der Waals surface area contributed by atoms with Crippen LogP contribution < -0.4 is 4.74 Å². The zero-order valence-corrected chi connectivity index (χ0v) is 13.4. The molecule has 0 radical (unpaired) electrons. The van der Waals surface area contributed by atoms with Gasteiger partial charge in [0.25, 0.3) is 0 Å². The number of carboxylic acids is 1. The summed E-state index contributed by atoms with van der Waals surface area (Å²) < 4.78 is 5.49. The number of rotatable bonds is 3. The fraction of sp³-hybridized carbons (Fsp3) is 0.300. The van der Waals surface area contributed by atoms with E-state index in [2.05, 4.69) is 6.08 Å². The monoisotopic (exact) mass is 322 g/mol. The molecule has 3 unspecified atom stereocenters. The van der Waals surface area contributed by atoms with Crippen LogP contribution in [-0.2, 0) is 15.0 Å². The topological polar surface area (TPSA) is 63.6 Å². The summed E-state index contributed by atoms with van der Waals surface area (Å²) in [4.78, 5) is 23.1. The summed E-state index contributed by atoms with van der Waals surface area (Å²) >= 11 is 0. The highest BCUT2D eigenvalue weighted by Crippen LogP contribution is 2.57. The van der Waals surface area contributed by atoms with Gasteiger partial charge in [-0.25, -0.2) is 0 Å². The van der Waals surface area contributed by atoms with Crippen molar-refractivity contribution in [2.24, 2.45) is 11.8 Å². The molecule has 2 aromatic rings. The second kappa shape index (κ2) is 5.20. The van der Waals surface area contributed by atoms with Gasteiger partial charge < -0.3 is 9.84 Å². The Balaban J connectivity index is 1.94. The van der Waals surface area contributed by atoms with E-state index in [1.54, 1.807) is 0 Å². The van der Waals surface area contributed by atoms with Crippen LogP contribution in [0.3, 0.4) is 0 Å². The minimum atomic E-state index is -0.750. The lowest BCUT2D eigenvalue weighted by molar-refractivity contribution is -0.142. The second-order valence-corrected chi connectivity index (χ2v) is 6.79. The number of esters is 1. The summed E-state index contributed by atoms with van der Waals surface area (Å²) in [6.07, 6.45) is 5.44. The van der Waals surface area contributed by atoms with Crippen molar-refractivity contribution in [1.29, 1.82) is 0 Å². The van der Waals surface area contributed by atoms with Crippen molar-refractivity contribution in [2.45, 2.75) is 25.2 Å². The number of allylic oxidation sites excluding steroid dienone is 2. The molecule has 4 rings (SSSR count). The van der Waals surface area contributed by atoms with Crippen LogP contribution in [0.5, 0.6) is 5.75 Å². The van der Waals surface area contributed by atoms with Gasteiger partial charge in [-0.05, 0) is 35.6 Å². The van der Waals surface area contributed by atoms with E-state index in [1.165, 1.54) is 6.92 Å². The second-order valence-electron chi connectivity index (χ2n) is 6.79. The normalized spacial score (nSPS) is 27.5. The minimum Gasteiger partial charge on any atom is -0.481 e. The molecule has 122 valence electrons. The fourth-order valence-corrected chi connectivity index (χ4v) is 4.40. The Morgan fingerprint density at radius 3 is 2.67 bits per heavy atom. The fourth-order valence-electron chi connectivity index (χ4n) is 4.40. The first kappa shape index (κ1) is 14.9. The molecule has 1 N–H and O–H groups in total. The third-order valence-electron chi connectivity index (χ3n) is 5.32. The first-order valence-electron chi connectivity index (χ1n) is 8.13. The quantitative estimate of drug-likeness (QED) is 0.532. The molecule has 2 bridgehead atoms. The van der Waals surface area contributed by atoms with E-state index in [0.717, 1.165) is 22.8 Å². The number of hydrogen-bond donors (Lipinski definition) is 1. The number of carboxylic acid groups (broad SMARTS) is 1. The summed E-state index contributed by atoms with van der Waals surface area (Å²) in [5.41, 5.74) is 0.567. The maximum atomic E-state index is 11.6. The molecule has 2 aliphatic rings. The van der Waals surface area contributed by atoms with Gasteiger partial charge in [0, 0.05) is 17.9 Å². The number of fused-ring (bicyclic) bond motifs is 3. The van der Waals surface area contributed by atoms with Crippen LogP contribution in [-0.4, -0.2) is 17.0 Å². The third-order valence-corrected chi connectivity index (χ3v) is 5.32. The van der Waals surface area contributed by atoms with Gasteiger partial charge in [0.05, 0.1) is 5.92 Å². The summed E-state index contributed by atoms with van der Waals surface area (Å²) in [7, 11) is 0. The molecule has 0 spiro atoms. The van der Waals surface area contributed by atoms with Crippen molar-refractivity contribution in [3.63, 3.8) is 0 Å². The number of ether oxygens (including phenoxy) is 1.